The lowest BCUT2D eigenvalue weighted by Crippen LogP contribution is -2.34. The standard InChI is InChI=1S/C19H16BrN3O/c20-16-6-4-15(5-7-16)19(10-11-19)22-18(24)14-2-8-17(9-3-14)23-13-1-12-21-23/h1-9,12-13H,10-11H2,(H,22,24). The van der Waals surface area contributed by atoms with E-state index >= 15 is 0 Å². The van der Waals surface area contributed by atoms with E-state index in [2.05, 4.69) is 38.5 Å². The lowest BCUT2D eigenvalue weighted by Gasteiger charge is -2.18. The second-order valence-corrected chi connectivity index (χ2v) is 6.96. The van der Waals surface area contributed by atoms with Gasteiger partial charge in [0.1, 0.15) is 0 Å². The average molecular weight is 382 g/mol. The highest BCUT2D eigenvalue weighted by molar-refractivity contribution is 9.10. The van der Waals surface area contributed by atoms with Crippen molar-refractivity contribution in [1.82, 2.24) is 15.1 Å². The van der Waals surface area contributed by atoms with Gasteiger partial charge in [-0.05, 0) is 60.9 Å². The van der Waals surface area contributed by atoms with Gasteiger partial charge in [0, 0.05) is 22.4 Å². The molecular formula is C19H16BrN3O. The van der Waals surface area contributed by atoms with Crippen LogP contribution in [0.25, 0.3) is 5.69 Å². The number of nitrogens with zero attached hydrogens (tertiary/aromatic N) is 2. The van der Waals surface area contributed by atoms with Crippen molar-refractivity contribution in [3.63, 3.8) is 0 Å². The Kier molecular flexibility index (Phi) is 3.73. The highest BCUT2D eigenvalue weighted by atomic mass is 79.9. The van der Waals surface area contributed by atoms with E-state index in [0.29, 0.717) is 5.56 Å². The summed E-state index contributed by atoms with van der Waals surface area (Å²) in [5, 5.41) is 7.39. The maximum atomic E-state index is 12.6. The van der Waals surface area contributed by atoms with Crippen molar-refractivity contribution < 1.29 is 4.79 Å². The first-order chi connectivity index (χ1) is 11.7. The van der Waals surface area contributed by atoms with E-state index in [-0.39, 0.29) is 11.4 Å². The number of benzene rings is 2. The predicted molar refractivity (Wildman–Crippen MR) is 96.1 cm³/mol. The van der Waals surface area contributed by atoms with E-state index in [0.717, 1.165) is 28.6 Å². The second kappa shape index (κ2) is 5.91. The van der Waals surface area contributed by atoms with Crippen LogP contribution in [0.1, 0.15) is 28.8 Å². The van der Waals surface area contributed by atoms with Gasteiger partial charge in [0.2, 0.25) is 0 Å². The predicted octanol–water partition coefficient (Wildman–Crippen LogP) is 4.05. The van der Waals surface area contributed by atoms with Crippen LogP contribution < -0.4 is 5.32 Å². The molecule has 1 fully saturated rings. The summed E-state index contributed by atoms with van der Waals surface area (Å²) in [4.78, 5) is 12.6. The molecule has 1 heterocycles. The van der Waals surface area contributed by atoms with Gasteiger partial charge in [-0.2, -0.15) is 5.10 Å². The minimum absolute atomic E-state index is 0.0394. The minimum atomic E-state index is -0.210. The van der Waals surface area contributed by atoms with Crippen molar-refractivity contribution in [2.24, 2.45) is 0 Å². The molecule has 0 spiro atoms. The molecular weight excluding hydrogens is 366 g/mol. The van der Waals surface area contributed by atoms with Gasteiger partial charge in [0.25, 0.3) is 5.91 Å². The van der Waals surface area contributed by atoms with Gasteiger partial charge < -0.3 is 5.32 Å². The van der Waals surface area contributed by atoms with Crippen LogP contribution in [0.5, 0.6) is 0 Å². The molecule has 3 aromatic rings. The Morgan fingerprint density at radius 2 is 1.79 bits per heavy atom. The van der Waals surface area contributed by atoms with Gasteiger partial charge in [-0.25, -0.2) is 4.68 Å². The fraction of sp³-hybridized carbons (Fsp3) is 0.158. The van der Waals surface area contributed by atoms with E-state index in [4.69, 9.17) is 0 Å². The smallest absolute Gasteiger partial charge is 0.251 e. The average Bonchev–Trinajstić information content (AvgIpc) is 3.18. The van der Waals surface area contributed by atoms with E-state index in [1.54, 1.807) is 10.9 Å². The molecule has 1 aromatic heterocycles. The summed E-state index contributed by atoms with van der Waals surface area (Å²) in [5.74, 6) is -0.0394. The van der Waals surface area contributed by atoms with E-state index < -0.39 is 0 Å². The first-order valence-corrected chi connectivity index (χ1v) is 8.64. The SMILES string of the molecule is O=C(NC1(c2ccc(Br)cc2)CC1)c1ccc(-n2cccn2)cc1. The maximum Gasteiger partial charge on any atom is 0.251 e. The first kappa shape index (κ1) is 15.1. The van der Waals surface area contributed by atoms with Crippen LogP contribution in [-0.4, -0.2) is 15.7 Å². The zero-order valence-electron chi connectivity index (χ0n) is 12.9. The van der Waals surface area contributed by atoms with Gasteiger partial charge in [0.05, 0.1) is 11.2 Å². The van der Waals surface area contributed by atoms with Crippen molar-refractivity contribution in [2.75, 3.05) is 0 Å². The van der Waals surface area contributed by atoms with Gasteiger partial charge in [-0.15, -0.1) is 0 Å². The zero-order chi connectivity index (χ0) is 16.6. The molecule has 0 radical (unpaired) electrons. The summed E-state index contributed by atoms with van der Waals surface area (Å²) in [5.41, 5.74) is 2.55. The summed E-state index contributed by atoms with van der Waals surface area (Å²) in [6.07, 6.45) is 5.56. The molecule has 1 aliphatic carbocycles. The molecule has 0 aliphatic heterocycles. The topological polar surface area (TPSA) is 46.9 Å². The van der Waals surface area contributed by atoms with Crippen LogP contribution >= 0.6 is 15.9 Å². The highest BCUT2D eigenvalue weighted by Gasteiger charge is 2.45. The van der Waals surface area contributed by atoms with Crippen LogP contribution in [0.4, 0.5) is 0 Å². The maximum absolute atomic E-state index is 12.6. The summed E-state index contributed by atoms with van der Waals surface area (Å²) >= 11 is 3.45. The molecule has 4 nitrogen and oxygen atoms in total. The number of carbonyl (C=O) groups is 1. The molecule has 120 valence electrons. The van der Waals surface area contributed by atoms with Crippen molar-refractivity contribution >= 4 is 21.8 Å². The van der Waals surface area contributed by atoms with Gasteiger partial charge >= 0.3 is 0 Å². The van der Waals surface area contributed by atoms with Gasteiger partial charge in [0.15, 0.2) is 0 Å². The number of nitrogens with one attached hydrogen (secondary N) is 1. The minimum Gasteiger partial charge on any atom is -0.343 e. The fourth-order valence-electron chi connectivity index (χ4n) is 2.86. The summed E-state index contributed by atoms with van der Waals surface area (Å²) in [7, 11) is 0. The summed E-state index contributed by atoms with van der Waals surface area (Å²) in [6, 6.07) is 17.5. The van der Waals surface area contributed by atoms with Crippen LogP contribution in [-0.2, 0) is 5.54 Å². The van der Waals surface area contributed by atoms with Crippen LogP contribution in [0.3, 0.4) is 0 Å². The quantitative estimate of drug-likeness (QED) is 0.740. The Morgan fingerprint density at radius 3 is 2.38 bits per heavy atom. The lowest BCUT2D eigenvalue weighted by molar-refractivity contribution is 0.0931. The molecule has 0 bridgehead atoms. The number of hydrogen-bond donors (Lipinski definition) is 1. The molecule has 0 atom stereocenters. The van der Waals surface area contributed by atoms with E-state index in [9.17, 15) is 4.79 Å². The zero-order valence-corrected chi connectivity index (χ0v) is 14.5. The first-order valence-electron chi connectivity index (χ1n) is 7.85. The molecule has 1 saturated carbocycles. The van der Waals surface area contributed by atoms with E-state index in [1.807, 2.05) is 48.7 Å². The Hall–Kier alpha value is -2.40. The Labute approximate surface area is 148 Å². The Balaban J connectivity index is 1.51. The van der Waals surface area contributed by atoms with Crippen LogP contribution in [0.2, 0.25) is 0 Å². The molecule has 0 unspecified atom stereocenters. The monoisotopic (exact) mass is 381 g/mol. The van der Waals surface area contributed by atoms with E-state index in [1.165, 1.54) is 0 Å². The number of amides is 1. The third-order valence-corrected chi connectivity index (χ3v) is 4.93. The molecule has 1 aliphatic rings. The Bertz CT molecular complexity index is 851. The largest absolute Gasteiger partial charge is 0.343 e. The number of halogens is 1. The third kappa shape index (κ3) is 2.87. The van der Waals surface area contributed by atoms with Gasteiger partial charge in [-0.1, -0.05) is 28.1 Å². The Morgan fingerprint density at radius 1 is 1.08 bits per heavy atom. The summed E-state index contributed by atoms with van der Waals surface area (Å²) < 4.78 is 2.81. The van der Waals surface area contributed by atoms with Crippen LogP contribution in [0, 0.1) is 0 Å². The number of aromatic nitrogens is 2. The molecule has 4 rings (SSSR count). The second-order valence-electron chi connectivity index (χ2n) is 6.04. The van der Waals surface area contributed by atoms with Gasteiger partial charge in [-0.3, -0.25) is 4.79 Å². The molecule has 1 N–H and O–H groups in total. The molecule has 2 aromatic carbocycles. The summed E-state index contributed by atoms with van der Waals surface area (Å²) in [6.45, 7) is 0. The van der Waals surface area contributed by atoms with Crippen molar-refractivity contribution in [3.8, 4) is 5.69 Å². The van der Waals surface area contributed by atoms with Crippen LogP contribution in [0.15, 0.2) is 71.5 Å². The van der Waals surface area contributed by atoms with Crippen molar-refractivity contribution in [3.05, 3.63) is 82.6 Å². The number of rotatable bonds is 4. The lowest BCUT2D eigenvalue weighted by atomic mass is 10.0. The molecule has 0 saturated heterocycles. The normalized spacial score (nSPS) is 15.0. The molecule has 24 heavy (non-hydrogen) atoms. The van der Waals surface area contributed by atoms with Crippen molar-refractivity contribution in [2.45, 2.75) is 18.4 Å². The number of carbonyl (C=O) groups excluding carboxylic acids is 1. The number of hydrogen-bond acceptors (Lipinski definition) is 2. The highest BCUT2D eigenvalue weighted by Crippen LogP contribution is 2.45. The molecule has 1 amide bonds. The fourth-order valence-corrected chi connectivity index (χ4v) is 3.12. The third-order valence-electron chi connectivity index (χ3n) is 4.40. The van der Waals surface area contributed by atoms with Crippen molar-refractivity contribution in [1.29, 1.82) is 0 Å². The molecule has 5 heteroatoms.